The van der Waals surface area contributed by atoms with E-state index in [-0.39, 0.29) is 12.0 Å². The maximum absolute atomic E-state index is 12.4. The number of carbonyl (C=O) groups excluding carboxylic acids is 1. The fourth-order valence-corrected chi connectivity index (χ4v) is 3.14. The Morgan fingerprint density at radius 2 is 1.72 bits per heavy atom. The molecule has 148 valence electrons. The Balaban J connectivity index is 1.28. The summed E-state index contributed by atoms with van der Waals surface area (Å²) in [5.41, 5.74) is 1.46. The Morgan fingerprint density at radius 3 is 2.52 bits per heavy atom. The summed E-state index contributed by atoms with van der Waals surface area (Å²) >= 11 is 6.13. The molecule has 0 saturated heterocycles. The van der Waals surface area contributed by atoms with E-state index >= 15 is 0 Å². The molecular weight excluding hydrogens is 390 g/mol. The number of hydrogen-bond donors (Lipinski definition) is 1. The zero-order valence-corrected chi connectivity index (χ0v) is 16.4. The number of carbonyl (C=O) groups is 1. The van der Waals surface area contributed by atoms with Crippen molar-refractivity contribution in [1.82, 2.24) is 5.32 Å². The van der Waals surface area contributed by atoms with Gasteiger partial charge in [0.1, 0.15) is 25.1 Å². The molecule has 4 rings (SSSR count). The lowest BCUT2D eigenvalue weighted by atomic mass is 10.2. The Kier molecular flexibility index (Phi) is 5.86. The van der Waals surface area contributed by atoms with Crippen molar-refractivity contribution in [3.05, 3.63) is 88.9 Å². The van der Waals surface area contributed by atoms with Crippen molar-refractivity contribution in [3.8, 4) is 17.2 Å². The van der Waals surface area contributed by atoms with Gasteiger partial charge in [0.15, 0.2) is 11.5 Å². The number of fused-ring (bicyclic) bond motifs is 1. The zero-order valence-electron chi connectivity index (χ0n) is 15.6. The maximum Gasteiger partial charge on any atom is 0.251 e. The zero-order chi connectivity index (χ0) is 20.1. The van der Waals surface area contributed by atoms with Gasteiger partial charge in [0.25, 0.3) is 5.91 Å². The van der Waals surface area contributed by atoms with Gasteiger partial charge in [-0.1, -0.05) is 41.9 Å². The van der Waals surface area contributed by atoms with Crippen LogP contribution in [0.5, 0.6) is 17.2 Å². The molecule has 1 amide bonds. The monoisotopic (exact) mass is 409 g/mol. The number of rotatable bonds is 6. The normalized spacial score (nSPS) is 14.9. The predicted octanol–water partition coefficient (Wildman–Crippen LogP) is 4.49. The molecule has 3 aromatic carbocycles. The molecule has 3 aromatic rings. The van der Waals surface area contributed by atoms with E-state index in [1.54, 1.807) is 24.3 Å². The van der Waals surface area contributed by atoms with E-state index in [4.69, 9.17) is 25.8 Å². The van der Waals surface area contributed by atoms with E-state index in [2.05, 4.69) is 5.32 Å². The summed E-state index contributed by atoms with van der Waals surface area (Å²) in [6, 6.07) is 22.0. The summed E-state index contributed by atoms with van der Waals surface area (Å²) in [6.07, 6.45) is -0.230. The van der Waals surface area contributed by atoms with E-state index in [0.717, 1.165) is 11.3 Å². The standard InChI is InChI=1S/C23H20ClNO4/c24-20-6-2-1-5-17(20)14-27-18-11-9-16(10-12-18)23(26)25-13-19-15-28-21-7-3-4-8-22(21)29-19/h1-12,19H,13-15H2,(H,25,26)/t19-/m0/s1. The Hall–Kier alpha value is -3.18. The highest BCUT2D eigenvalue weighted by atomic mass is 35.5. The second-order valence-electron chi connectivity index (χ2n) is 6.61. The Bertz CT molecular complexity index is 990. The molecule has 1 aliphatic rings. The lowest BCUT2D eigenvalue weighted by Gasteiger charge is -2.26. The average molecular weight is 410 g/mol. The second kappa shape index (κ2) is 8.88. The van der Waals surface area contributed by atoms with Crippen LogP contribution in [0.4, 0.5) is 0 Å². The van der Waals surface area contributed by atoms with Crippen molar-refractivity contribution in [2.75, 3.05) is 13.2 Å². The molecule has 5 nitrogen and oxygen atoms in total. The van der Waals surface area contributed by atoms with Crippen LogP contribution in [0.3, 0.4) is 0 Å². The van der Waals surface area contributed by atoms with E-state index in [0.29, 0.717) is 41.8 Å². The lowest BCUT2D eigenvalue weighted by molar-refractivity contribution is 0.0789. The summed E-state index contributed by atoms with van der Waals surface area (Å²) in [4.78, 5) is 12.4. The highest BCUT2D eigenvalue weighted by Crippen LogP contribution is 2.30. The highest BCUT2D eigenvalue weighted by molar-refractivity contribution is 6.31. The van der Waals surface area contributed by atoms with Gasteiger partial charge in [0.05, 0.1) is 6.54 Å². The summed E-state index contributed by atoms with van der Waals surface area (Å²) in [5.74, 6) is 1.91. The Morgan fingerprint density at radius 1 is 1.00 bits per heavy atom. The topological polar surface area (TPSA) is 56.8 Å². The predicted molar refractivity (Wildman–Crippen MR) is 111 cm³/mol. The highest BCUT2D eigenvalue weighted by Gasteiger charge is 2.21. The number of halogens is 1. The summed E-state index contributed by atoms with van der Waals surface area (Å²) in [7, 11) is 0. The van der Waals surface area contributed by atoms with Gasteiger partial charge in [0.2, 0.25) is 0 Å². The number of nitrogens with one attached hydrogen (secondary N) is 1. The van der Waals surface area contributed by atoms with Gasteiger partial charge >= 0.3 is 0 Å². The second-order valence-corrected chi connectivity index (χ2v) is 7.02. The van der Waals surface area contributed by atoms with E-state index in [1.807, 2.05) is 48.5 Å². The third-order valence-electron chi connectivity index (χ3n) is 4.53. The molecule has 0 radical (unpaired) electrons. The first-order valence-corrected chi connectivity index (χ1v) is 9.70. The van der Waals surface area contributed by atoms with Crippen molar-refractivity contribution in [1.29, 1.82) is 0 Å². The van der Waals surface area contributed by atoms with Crippen LogP contribution < -0.4 is 19.5 Å². The van der Waals surface area contributed by atoms with Crippen LogP contribution in [0.1, 0.15) is 15.9 Å². The van der Waals surface area contributed by atoms with E-state index in [1.165, 1.54) is 0 Å². The SMILES string of the molecule is O=C(NC[C@H]1COc2ccccc2O1)c1ccc(OCc2ccccc2Cl)cc1. The molecule has 6 heteroatoms. The van der Waals surface area contributed by atoms with Crippen molar-refractivity contribution in [2.24, 2.45) is 0 Å². The largest absolute Gasteiger partial charge is 0.489 e. The smallest absolute Gasteiger partial charge is 0.251 e. The van der Waals surface area contributed by atoms with Crippen LogP contribution in [0.15, 0.2) is 72.8 Å². The molecule has 0 saturated carbocycles. The van der Waals surface area contributed by atoms with Crippen molar-refractivity contribution >= 4 is 17.5 Å². The van der Waals surface area contributed by atoms with Gasteiger partial charge in [-0.25, -0.2) is 0 Å². The first kappa shape index (κ1) is 19.2. The summed E-state index contributed by atoms with van der Waals surface area (Å²) < 4.78 is 17.3. The quantitative estimate of drug-likeness (QED) is 0.651. The van der Waals surface area contributed by atoms with Crippen LogP contribution in [-0.4, -0.2) is 25.2 Å². The molecule has 1 N–H and O–H groups in total. The molecule has 1 atom stereocenters. The van der Waals surface area contributed by atoms with Crippen LogP contribution in [0, 0.1) is 0 Å². The van der Waals surface area contributed by atoms with Gasteiger partial charge < -0.3 is 19.5 Å². The number of ether oxygens (including phenoxy) is 3. The number of para-hydroxylation sites is 2. The molecule has 0 fully saturated rings. The molecule has 29 heavy (non-hydrogen) atoms. The van der Waals surface area contributed by atoms with E-state index < -0.39 is 0 Å². The molecule has 1 heterocycles. The Labute approximate surface area is 174 Å². The van der Waals surface area contributed by atoms with Crippen LogP contribution in [0.2, 0.25) is 5.02 Å². The minimum atomic E-state index is -0.230. The minimum absolute atomic E-state index is 0.176. The average Bonchev–Trinajstić information content (AvgIpc) is 2.77. The summed E-state index contributed by atoms with van der Waals surface area (Å²) in [5, 5.41) is 3.55. The van der Waals surface area contributed by atoms with Gasteiger partial charge in [-0.2, -0.15) is 0 Å². The number of benzene rings is 3. The van der Waals surface area contributed by atoms with Crippen LogP contribution >= 0.6 is 11.6 Å². The molecule has 1 aliphatic heterocycles. The van der Waals surface area contributed by atoms with Crippen LogP contribution in [0.25, 0.3) is 0 Å². The van der Waals surface area contributed by atoms with Crippen molar-refractivity contribution in [3.63, 3.8) is 0 Å². The fraction of sp³-hybridized carbons (Fsp3) is 0.174. The molecule has 0 aliphatic carbocycles. The molecule has 0 spiro atoms. The molecule has 0 unspecified atom stereocenters. The summed E-state index contributed by atoms with van der Waals surface area (Å²) in [6.45, 7) is 1.12. The first-order valence-electron chi connectivity index (χ1n) is 9.32. The maximum atomic E-state index is 12.4. The number of amides is 1. The van der Waals surface area contributed by atoms with Crippen LogP contribution in [-0.2, 0) is 6.61 Å². The first-order chi connectivity index (χ1) is 14.2. The molecule has 0 aromatic heterocycles. The molecule has 0 bridgehead atoms. The molecular formula is C23H20ClNO4. The van der Waals surface area contributed by atoms with Gasteiger partial charge in [-0.05, 0) is 42.5 Å². The fourth-order valence-electron chi connectivity index (χ4n) is 2.95. The lowest BCUT2D eigenvalue weighted by Crippen LogP contribution is -2.40. The van der Waals surface area contributed by atoms with Crippen molar-refractivity contribution < 1.29 is 19.0 Å². The van der Waals surface area contributed by atoms with Gasteiger partial charge in [-0.15, -0.1) is 0 Å². The van der Waals surface area contributed by atoms with Gasteiger partial charge in [-0.3, -0.25) is 4.79 Å². The van der Waals surface area contributed by atoms with Gasteiger partial charge in [0, 0.05) is 16.1 Å². The van der Waals surface area contributed by atoms with Crippen molar-refractivity contribution in [2.45, 2.75) is 12.7 Å². The third kappa shape index (κ3) is 4.81. The third-order valence-corrected chi connectivity index (χ3v) is 4.90. The minimum Gasteiger partial charge on any atom is -0.489 e. The number of hydrogen-bond acceptors (Lipinski definition) is 4. The van der Waals surface area contributed by atoms with E-state index in [9.17, 15) is 4.79 Å².